The van der Waals surface area contributed by atoms with E-state index in [-0.39, 0.29) is 5.91 Å². The average Bonchev–Trinajstić information content (AvgIpc) is 3.31. The van der Waals surface area contributed by atoms with Gasteiger partial charge in [0.05, 0.1) is 17.0 Å². The van der Waals surface area contributed by atoms with Crippen LogP contribution >= 0.6 is 11.8 Å². The van der Waals surface area contributed by atoms with Crippen molar-refractivity contribution in [2.75, 3.05) is 19.0 Å². The number of carbonyl (C=O) groups excluding carboxylic acids is 1. The lowest BCUT2D eigenvalue weighted by atomic mass is 10.2. The third-order valence-corrected chi connectivity index (χ3v) is 5.82. The first kappa shape index (κ1) is 21.5. The minimum atomic E-state index is -0.135. The number of nitrogens with zero attached hydrogens (tertiary/aromatic N) is 6. The van der Waals surface area contributed by atoms with Gasteiger partial charge in [0.2, 0.25) is 0 Å². The molecule has 162 valence electrons. The number of anilines is 1. The van der Waals surface area contributed by atoms with Crippen molar-refractivity contribution in [2.45, 2.75) is 17.2 Å². The van der Waals surface area contributed by atoms with Crippen LogP contribution in [0.2, 0.25) is 0 Å². The zero-order valence-electron chi connectivity index (χ0n) is 17.8. The van der Waals surface area contributed by atoms with Gasteiger partial charge in [-0.05, 0) is 40.8 Å². The third kappa shape index (κ3) is 4.94. The number of aromatic nitrogens is 5. The molecule has 0 radical (unpaired) electrons. The summed E-state index contributed by atoms with van der Waals surface area (Å²) in [6.45, 7) is 0.394. The van der Waals surface area contributed by atoms with Gasteiger partial charge >= 0.3 is 0 Å². The summed E-state index contributed by atoms with van der Waals surface area (Å²) in [6, 6.07) is 21.1. The van der Waals surface area contributed by atoms with E-state index in [0.717, 1.165) is 22.0 Å². The average molecular weight is 446 g/mol. The van der Waals surface area contributed by atoms with Gasteiger partial charge in [0, 0.05) is 37.3 Å². The second-order valence-electron chi connectivity index (χ2n) is 7.19. The van der Waals surface area contributed by atoms with E-state index in [4.69, 9.17) is 0 Å². The smallest absolute Gasteiger partial charge is 0.252 e. The number of hydrogen-bond donors (Lipinski definition) is 1. The van der Waals surface area contributed by atoms with Crippen molar-refractivity contribution in [1.29, 1.82) is 0 Å². The predicted molar refractivity (Wildman–Crippen MR) is 125 cm³/mol. The molecule has 4 aromatic rings. The number of amides is 1. The molecule has 32 heavy (non-hydrogen) atoms. The Morgan fingerprint density at radius 3 is 2.62 bits per heavy atom. The van der Waals surface area contributed by atoms with Crippen LogP contribution in [0, 0.1) is 0 Å². The summed E-state index contributed by atoms with van der Waals surface area (Å²) in [7, 11) is 3.87. The van der Waals surface area contributed by atoms with E-state index in [2.05, 4.69) is 25.8 Å². The molecular weight excluding hydrogens is 422 g/mol. The second kappa shape index (κ2) is 10.1. The lowest BCUT2D eigenvalue weighted by Gasteiger charge is -2.16. The van der Waals surface area contributed by atoms with Gasteiger partial charge in [-0.2, -0.15) is 4.68 Å². The quantitative estimate of drug-likeness (QED) is 0.416. The molecule has 0 fully saturated rings. The Labute approximate surface area is 190 Å². The first-order chi connectivity index (χ1) is 15.6. The highest BCUT2D eigenvalue weighted by molar-refractivity contribution is 7.98. The fourth-order valence-corrected chi connectivity index (χ4v) is 4.19. The number of nitrogens with one attached hydrogen (secondary N) is 1. The lowest BCUT2D eigenvalue weighted by molar-refractivity contribution is 0.0948. The fourth-order valence-electron chi connectivity index (χ4n) is 3.23. The van der Waals surface area contributed by atoms with Gasteiger partial charge in [-0.25, -0.2) is 4.98 Å². The van der Waals surface area contributed by atoms with Gasteiger partial charge in [-0.15, -0.1) is 16.9 Å². The van der Waals surface area contributed by atoms with Crippen LogP contribution in [0.4, 0.5) is 5.82 Å². The van der Waals surface area contributed by atoms with Crippen molar-refractivity contribution in [1.82, 2.24) is 30.5 Å². The minimum Gasteiger partial charge on any atom is -0.362 e. The number of rotatable bonds is 8. The summed E-state index contributed by atoms with van der Waals surface area (Å²) in [5.41, 5.74) is 2.47. The minimum absolute atomic E-state index is 0.135. The molecule has 4 rings (SSSR count). The molecular formula is C23H23N7OS. The number of para-hydroxylation sites is 1. The standard InChI is InChI=1S/C23H23N7OS/c1-29(2)22-17(9-8-14-24-22)15-25-23(31)19-12-6-7-13-20(19)32-16-21-26-27-28-30(21)18-10-4-3-5-11-18/h3-14H,15-16H2,1-2H3,(H,25,31). The Kier molecular flexibility index (Phi) is 6.76. The topological polar surface area (TPSA) is 88.8 Å². The summed E-state index contributed by atoms with van der Waals surface area (Å²) in [4.78, 5) is 20.2. The Balaban J connectivity index is 1.46. The highest BCUT2D eigenvalue weighted by atomic mass is 32.2. The van der Waals surface area contributed by atoms with E-state index in [0.29, 0.717) is 23.7 Å². The molecule has 0 aliphatic rings. The van der Waals surface area contributed by atoms with Gasteiger partial charge in [0.25, 0.3) is 5.91 Å². The predicted octanol–water partition coefficient (Wildman–Crippen LogP) is 3.35. The molecule has 2 aromatic carbocycles. The molecule has 2 heterocycles. The van der Waals surface area contributed by atoms with Crippen molar-refractivity contribution >= 4 is 23.5 Å². The molecule has 0 unspecified atom stereocenters. The molecule has 0 spiro atoms. The molecule has 1 N–H and O–H groups in total. The summed E-state index contributed by atoms with van der Waals surface area (Å²) in [5.74, 6) is 1.94. The van der Waals surface area contributed by atoms with Crippen LogP contribution < -0.4 is 10.2 Å². The van der Waals surface area contributed by atoms with Crippen LogP contribution in [0.5, 0.6) is 0 Å². The van der Waals surface area contributed by atoms with Gasteiger partial charge < -0.3 is 10.2 Å². The van der Waals surface area contributed by atoms with E-state index in [1.54, 1.807) is 10.9 Å². The maximum absolute atomic E-state index is 13.0. The maximum atomic E-state index is 13.0. The van der Waals surface area contributed by atoms with Crippen molar-refractivity contribution in [3.8, 4) is 5.69 Å². The number of hydrogen-bond acceptors (Lipinski definition) is 7. The van der Waals surface area contributed by atoms with E-state index in [1.165, 1.54) is 11.8 Å². The van der Waals surface area contributed by atoms with E-state index in [1.807, 2.05) is 85.7 Å². The van der Waals surface area contributed by atoms with Crippen molar-refractivity contribution in [3.63, 3.8) is 0 Å². The molecule has 0 bridgehead atoms. The Morgan fingerprint density at radius 1 is 1.03 bits per heavy atom. The largest absolute Gasteiger partial charge is 0.362 e. The summed E-state index contributed by atoms with van der Waals surface area (Å²) >= 11 is 1.53. The number of tetrazole rings is 1. The molecule has 1 amide bonds. The number of thioether (sulfide) groups is 1. The molecule has 0 aliphatic heterocycles. The first-order valence-corrected chi connectivity index (χ1v) is 11.1. The van der Waals surface area contributed by atoms with Crippen LogP contribution in [0.1, 0.15) is 21.7 Å². The SMILES string of the molecule is CN(C)c1ncccc1CNC(=O)c1ccccc1SCc1nnnn1-c1ccccc1. The molecule has 9 heteroatoms. The van der Waals surface area contributed by atoms with E-state index in [9.17, 15) is 4.79 Å². The maximum Gasteiger partial charge on any atom is 0.252 e. The Hall–Kier alpha value is -3.72. The Morgan fingerprint density at radius 2 is 1.81 bits per heavy atom. The third-order valence-electron chi connectivity index (χ3n) is 4.75. The highest BCUT2D eigenvalue weighted by Crippen LogP contribution is 2.26. The van der Waals surface area contributed by atoms with Crippen LogP contribution in [0.25, 0.3) is 5.69 Å². The van der Waals surface area contributed by atoms with E-state index >= 15 is 0 Å². The zero-order chi connectivity index (χ0) is 22.3. The fraction of sp³-hybridized carbons (Fsp3) is 0.174. The van der Waals surface area contributed by atoms with Gasteiger partial charge in [-0.3, -0.25) is 4.79 Å². The van der Waals surface area contributed by atoms with Crippen LogP contribution in [0.3, 0.4) is 0 Å². The highest BCUT2D eigenvalue weighted by Gasteiger charge is 2.15. The molecule has 0 saturated heterocycles. The summed E-state index contributed by atoms with van der Waals surface area (Å²) in [6.07, 6.45) is 1.75. The molecule has 0 atom stereocenters. The van der Waals surface area contributed by atoms with Gasteiger partial charge in [0.15, 0.2) is 5.82 Å². The van der Waals surface area contributed by atoms with Crippen molar-refractivity contribution in [3.05, 3.63) is 89.9 Å². The van der Waals surface area contributed by atoms with E-state index < -0.39 is 0 Å². The molecule has 2 aromatic heterocycles. The van der Waals surface area contributed by atoms with Gasteiger partial charge in [0.1, 0.15) is 5.82 Å². The van der Waals surface area contributed by atoms with Gasteiger partial charge in [-0.1, -0.05) is 36.4 Å². The van der Waals surface area contributed by atoms with Crippen LogP contribution in [0.15, 0.2) is 77.8 Å². The lowest BCUT2D eigenvalue weighted by Crippen LogP contribution is -2.25. The normalized spacial score (nSPS) is 10.7. The second-order valence-corrected chi connectivity index (χ2v) is 8.21. The van der Waals surface area contributed by atoms with Crippen LogP contribution in [-0.4, -0.2) is 45.2 Å². The first-order valence-electron chi connectivity index (χ1n) is 10.1. The molecule has 0 saturated carbocycles. The number of carbonyl (C=O) groups is 1. The van der Waals surface area contributed by atoms with Crippen molar-refractivity contribution in [2.24, 2.45) is 0 Å². The summed E-state index contributed by atoms with van der Waals surface area (Å²) < 4.78 is 1.71. The number of benzene rings is 2. The Bertz CT molecular complexity index is 1190. The molecule has 0 aliphatic carbocycles. The number of pyridine rings is 1. The molecule has 8 nitrogen and oxygen atoms in total. The van der Waals surface area contributed by atoms with Crippen molar-refractivity contribution < 1.29 is 4.79 Å². The zero-order valence-corrected chi connectivity index (χ0v) is 18.7. The monoisotopic (exact) mass is 445 g/mol. The summed E-state index contributed by atoms with van der Waals surface area (Å²) in [5, 5.41) is 15.1. The van der Waals surface area contributed by atoms with Crippen LogP contribution in [-0.2, 0) is 12.3 Å².